The van der Waals surface area contributed by atoms with Crippen LogP contribution in [-0.4, -0.2) is 48.3 Å². The molecule has 0 saturated carbocycles. The summed E-state index contributed by atoms with van der Waals surface area (Å²) in [6, 6.07) is 9.55. The number of aliphatic hydroxyl groups is 1. The van der Waals surface area contributed by atoms with Gasteiger partial charge >= 0.3 is 12.4 Å². The van der Waals surface area contributed by atoms with E-state index in [0.29, 0.717) is 52.7 Å². The third-order valence-electron chi connectivity index (χ3n) is 8.98. The van der Waals surface area contributed by atoms with Gasteiger partial charge in [0, 0.05) is 19.2 Å². The van der Waals surface area contributed by atoms with E-state index in [2.05, 4.69) is 4.98 Å². The van der Waals surface area contributed by atoms with E-state index in [1.165, 1.54) is 7.11 Å². The Labute approximate surface area is 270 Å². The molecule has 2 aliphatic heterocycles. The van der Waals surface area contributed by atoms with Crippen LogP contribution < -0.4 is 4.90 Å². The van der Waals surface area contributed by atoms with E-state index in [0.717, 1.165) is 11.1 Å². The Kier molecular flexibility index (Phi) is 9.09. The van der Waals surface area contributed by atoms with Crippen molar-refractivity contribution in [3.8, 4) is 0 Å². The third-order valence-corrected chi connectivity index (χ3v) is 8.98. The van der Waals surface area contributed by atoms with Crippen LogP contribution in [0.5, 0.6) is 0 Å². The minimum absolute atomic E-state index is 0.0261. The van der Waals surface area contributed by atoms with Gasteiger partial charge in [-0.3, -0.25) is 14.6 Å². The third kappa shape index (κ3) is 6.43. The number of methoxy groups -OCH3 is 1. The fourth-order valence-corrected chi connectivity index (χ4v) is 6.94. The number of furan rings is 1. The number of rotatable bonds is 9. The van der Waals surface area contributed by atoms with Crippen LogP contribution in [0.4, 0.5) is 32.0 Å². The zero-order valence-electron chi connectivity index (χ0n) is 25.5. The van der Waals surface area contributed by atoms with Crippen LogP contribution in [0.3, 0.4) is 0 Å². The van der Waals surface area contributed by atoms with Gasteiger partial charge in [-0.2, -0.15) is 26.3 Å². The van der Waals surface area contributed by atoms with E-state index >= 15 is 0 Å². The minimum atomic E-state index is -5.15. The van der Waals surface area contributed by atoms with Gasteiger partial charge in [-0.05, 0) is 84.5 Å². The average Bonchev–Trinajstić information content (AvgIpc) is 3.75. The molecule has 2 fully saturated rings. The molecule has 1 aliphatic carbocycles. The first-order chi connectivity index (χ1) is 22.8. The molecule has 2 amide bonds. The van der Waals surface area contributed by atoms with Gasteiger partial charge < -0.3 is 19.0 Å². The van der Waals surface area contributed by atoms with Crippen molar-refractivity contribution in [3.05, 3.63) is 94.2 Å². The van der Waals surface area contributed by atoms with E-state index in [1.54, 1.807) is 30.5 Å². The van der Waals surface area contributed by atoms with Crippen LogP contribution in [0.2, 0.25) is 0 Å². The normalized spacial score (nSPS) is 23.2. The highest BCUT2D eigenvalue weighted by Crippen LogP contribution is 2.51. The van der Waals surface area contributed by atoms with Crippen LogP contribution in [0.1, 0.15) is 47.6 Å². The Morgan fingerprint density at radius 2 is 1.75 bits per heavy atom. The molecule has 1 N–H and O–H groups in total. The Hall–Kier alpha value is -4.27. The Morgan fingerprint density at radius 3 is 2.35 bits per heavy atom. The fraction of sp³-hybridized carbons (Fsp3) is 0.382. The van der Waals surface area contributed by atoms with Crippen molar-refractivity contribution in [2.24, 2.45) is 17.8 Å². The second-order valence-corrected chi connectivity index (χ2v) is 11.9. The topological polar surface area (TPSA) is 102 Å². The van der Waals surface area contributed by atoms with Crippen molar-refractivity contribution < 1.29 is 54.9 Å². The van der Waals surface area contributed by atoms with Crippen LogP contribution in [0.25, 0.3) is 11.6 Å². The number of ether oxygens (including phenoxy) is 2. The molecule has 0 radical (unpaired) electrons. The van der Waals surface area contributed by atoms with Crippen LogP contribution in [0, 0.1) is 17.8 Å². The zero-order valence-corrected chi connectivity index (χ0v) is 25.5. The predicted molar refractivity (Wildman–Crippen MR) is 159 cm³/mol. The molecule has 1 aromatic carbocycles. The van der Waals surface area contributed by atoms with Crippen LogP contribution in [0.15, 0.2) is 70.3 Å². The summed E-state index contributed by atoms with van der Waals surface area (Å²) >= 11 is 0. The quantitative estimate of drug-likeness (QED) is 0.153. The maximum Gasteiger partial charge on any atom is 0.416 e. The summed E-state index contributed by atoms with van der Waals surface area (Å²) in [5.41, 5.74) is -1.09. The molecule has 4 atom stereocenters. The van der Waals surface area contributed by atoms with E-state index < -0.39 is 64.8 Å². The second kappa shape index (κ2) is 13.0. The maximum absolute atomic E-state index is 13.9. The lowest BCUT2D eigenvalue weighted by atomic mass is 9.69. The summed E-state index contributed by atoms with van der Waals surface area (Å²) < 4.78 is 99.1. The molecule has 3 aromatic rings. The first-order valence-electron chi connectivity index (χ1n) is 15.1. The van der Waals surface area contributed by atoms with Gasteiger partial charge in [0.05, 0.1) is 53.7 Å². The van der Waals surface area contributed by atoms with Crippen LogP contribution >= 0.6 is 0 Å². The number of nitrogens with zero attached hydrogens (tertiary/aromatic N) is 2. The van der Waals surface area contributed by atoms with Crippen molar-refractivity contribution in [2.45, 2.75) is 44.3 Å². The number of amides is 2. The van der Waals surface area contributed by atoms with Gasteiger partial charge in [-0.1, -0.05) is 6.07 Å². The Balaban J connectivity index is 1.30. The summed E-state index contributed by atoms with van der Waals surface area (Å²) in [7, 11) is 1.46. The van der Waals surface area contributed by atoms with Crippen molar-refractivity contribution in [1.29, 1.82) is 0 Å². The SMILES string of the molecule is COCC1=C2[C@@H](CC/C(=C/c3ccc(CO)o3)c3ccccn3)OC[C@@H]2[C@@H]2C(=O)N(c3cc(C(F)(F)F)cc(C(F)(F)F)c3)C(=O)[C@@H]2C1. The number of hydrogen-bond donors (Lipinski definition) is 1. The molecular formula is C34H30F6N2O6. The monoisotopic (exact) mass is 676 g/mol. The highest BCUT2D eigenvalue weighted by atomic mass is 19.4. The number of benzene rings is 1. The van der Waals surface area contributed by atoms with Crippen molar-refractivity contribution in [3.63, 3.8) is 0 Å². The van der Waals surface area contributed by atoms with Crippen LogP contribution in [-0.2, 0) is 38.0 Å². The van der Waals surface area contributed by atoms with Crippen molar-refractivity contribution in [1.82, 2.24) is 4.98 Å². The zero-order chi connectivity index (χ0) is 34.4. The first kappa shape index (κ1) is 33.6. The Morgan fingerprint density at radius 1 is 1.02 bits per heavy atom. The lowest BCUT2D eigenvalue weighted by molar-refractivity contribution is -0.143. The van der Waals surface area contributed by atoms with E-state index in [4.69, 9.17) is 13.9 Å². The summed E-state index contributed by atoms with van der Waals surface area (Å²) in [6.45, 7) is -0.145. The molecule has 2 saturated heterocycles. The lowest BCUT2D eigenvalue weighted by Crippen LogP contribution is -2.35. The number of carbonyl (C=O) groups is 2. The number of halogens is 6. The number of aromatic nitrogens is 1. The van der Waals surface area contributed by atoms with Gasteiger partial charge in [-0.25, -0.2) is 4.90 Å². The summed E-state index contributed by atoms with van der Waals surface area (Å²) in [5.74, 6) is -3.52. The molecule has 4 heterocycles. The second-order valence-electron chi connectivity index (χ2n) is 11.9. The minimum Gasteiger partial charge on any atom is -0.459 e. The molecule has 48 heavy (non-hydrogen) atoms. The lowest BCUT2D eigenvalue weighted by Gasteiger charge is -2.31. The highest BCUT2D eigenvalue weighted by Gasteiger charge is 2.57. The molecule has 254 valence electrons. The number of imide groups is 1. The number of allylic oxidation sites excluding steroid dienone is 1. The number of alkyl halides is 6. The molecule has 0 unspecified atom stereocenters. The molecule has 6 rings (SSSR count). The number of anilines is 1. The van der Waals surface area contributed by atoms with Gasteiger partial charge in [0.15, 0.2) is 0 Å². The molecule has 0 bridgehead atoms. The number of carbonyl (C=O) groups excluding carboxylic acids is 2. The van der Waals surface area contributed by atoms with Gasteiger partial charge in [0.1, 0.15) is 18.1 Å². The number of pyridine rings is 1. The molecule has 14 heteroatoms. The van der Waals surface area contributed by atoms with E-state index in [1.807, 2.05) is 12.1 Å². The molecule has 2 aromatic heterocycles. The molecular weight excluding hydrogens is 646 g/mol. The average molecular weight is 677 g/mol. The van der Waals surface area contributed by atoms with Crippen molar-refractivity contribution in [2.75, 3.05) is 25.2 Å². The van der Waals surface area contributed by atoms with E-state index in [-0.39, 0.29) is 32.3 Å². The maximum atomic E-state index is 13.9. The van der Waals surface area contributed by atoms with Gasteiger partial charge in [-0.15, -0.1) is 0 Å². The predicted octanol–water partition coefficient (Wildman–Crippen LogP) is 6.69. The number of fused-ring (bicyclic) bond motifs is 3. The first-order valence-corrected chi connectivity index (χ1v) is 15.1. The molecule has 8 nitrogen and oxygen atoms in total. The highest BCUT2D eigenvalue weighted by molar-refractivity contribution is 6.22. The summed E-state index contributed by atoms with van der Waals surface area (Å²) in [4.78, 5) is 32.4. The largest absolute Gasteiger partial charge is 0.459 e. The van der Waals surface area contributed by atoms with Gasteiger partial charge in [0.2, 0.25) is 11.8 Å². The molecule has 0 spiro atoms. The number of hydrogen-bond acceptors (Lipinski definition) is 7. The Bertz CT molecular complexity index is 1730. The summed E-state index contributed by atoms with van der Waals surface area (Å²) in [5, 5.41) is 9.40. The number of aliphatic hydroxyl groups excluding tert-OH is 1. The summed E-state index contributed by atoms with van der Waals surface area (Å²) in [6.07, 6.45) is -6.48. The molecule has 3 aliphatic rings. The smallest absolute Gasteiger partial charge is 0.416 e. The van der Waals surface area contributed by atoms with Crippen molar-refractivity contribution >= 4 is 29.2 Å². The fourth-order valence-electron chi connectivity index (χ4n) is 6.94. The standard InChI is InChI=1S/C34H30F6N2O6/c1-46-16-19-11-25-30(32(45)42(31(25)44)22-13-20(33(35,36)37)12-21(14-22)34(38,39)40)26-17-47-28(29(19)26)8-5-18(27-4-2-3-9-41-27)10-23-6-7-24(15-43)48-23/h2-4,6-7,9-10,12-14,25-26,28,30,43H,5,8,11,15-17H2,1H3/b18-10-/t25-,26+,28-,30-/m1/s1. The van der Waals surface area contributed by atoms with Gasteiger partial charge in [0.25, 0.3) is 0 Å². The van der Waals surface area contributed by atoms with E-state index in [9.17, 15) is 41.0 Å².